The number of hydrogen-bond donors (Lipinski definition) is 1. The number of Topliss-reactive ketones (excluding diaryl/α,β-unsaturated/α-hetero) is 1. The van der Waals surface area contributed by atoms with E-state index in [-0.39, 0.29) is 16.9 Å². The van der Waals surface area contributed by atoms with Gasteiger partial charge in [-0.3, -0.25) is 9.59 Å². The number of ketones is 2. The average Bonchev–Trinajstić information content (AvgIpc) is 3.08. The van der Waals surface area contributed by atoms with Crippen LogP contribution in [0.2, 0.25) is 5.02 Å². The second kappa shape index (κ2) is 7.50. The predicted molar refractivity (Wildman–Crippen MR) is 94.8 cm³/mol. The first-order valence-electron chi connectivity index (χ1n) is 8.34. The summed E-state index contributed by atoms with van der Waals surface area (Å²) in [6.45, 7) is 2.00. The third-order valence-corrected chi connectivity index (χ3v) is 4.97. The summed E-state index contributed by atoms with van der Waals surface area (Å²) < 4.78 is 13.9. The summed E-state index contributed by atoms with van der Waals surface area (Å²) in [7, 11) is 2.08. The Balaban J connectivity index is 1.70. The molecule has 0 saturated carbocycles. The Morgan fingerprint density at radius 3 is 2.72 bits per heavy atom. The molecular formula is C19H20ClFN2O2. The van der Waals surface area contributed by atoms with Gasteiger partial charge >= 0.3 is 0 Å². The van der Waals surface area contributed by atoms with Crippen LogP contribution in [0.25, 0.3) is 0 Å². The van der Waals surface area contributed by atoms with Gasteiger partial charge in [-0.25, -0.2) is 4.39 Å². The zero-order chi connectivity index (χ0) is 18.0. The lowest BCUT2D eigenvalue weighted by Gasteiger charge is -2.28. The Labute approximate surface area is 151 Å². The Morgan fingerprint density at radius 2 is 2.00 bits per heavy atom. The maximum Gasteiger partial charge on any atom is 0.197 e. The molecule has 132 valence electrons. The molecule has 25 heavy (non-hydrogen) atoms. The molecule has 0 bridgehead atoms. The molecule has 1 fully saturated rings. The van der Waals surface area contributed by atoms with Crippen LogP contribution in [0.15, 0.2) is 30.5 Å². The zero-order valence-corrected chi connectivity index (χ0v) is 14.8. The van der Waals surface area contributed by atoms with Gasteiger partial charge in [-0.05, 0) is 63.2 Å². The number of aromatic nitrogens is 1. The molecule has 2 heterocycles. The lowest BCUT2D eigenvalue weighted by atomic mass is 9.91. The first kappa shape index (κ1) is 17.8. The molecule has 0 amide bonds. The van der Waals surface area contributed by atoms with Crippen molar-refractivity contribution in [1.29, 1.82) is 0 Å². The molecule has 1 aromatic carbocycles. The summed E-state index contributed by atoms with van der Waals surface area (Å²) in [6.07, 6.45) is 3.92. The van der Waals surface area contributed by atoms with Crippen molar-refractivity contribution in [3.63, 3.8) is 0 Å². The minimum atomic E-state index is -0.630. The summed E-state index contributed by atoms with van der Waals surface area (Å²) in [4.78, 5) is 30.0. The van der Waals surface area contributed by atoms with Crippen LogP contribution in [0.5, 0.6) is 0 Å². The number of halogens is 2. The predicted octanol–water partition coefficient (Wildman–Crippen LogP) is 3.95. The second-order valence-electron chi connectivity index (χ2n) is 6.63. The summed E-state index contributed by atoms with van der Waals surface area (Å²) in [5, 5.41) is 0.291. The van der Waals surface area contributed by atoms with Crippen LogP contribution in [-0.4, -0.2) is 41.6 Å². The summed E-state index contributed by atoms with van der Waals surface area (Å²) in [6, 6.07) is 5.35. The van der Waals surface area contributed by atoms with Gasteiger partial charge in [0.25, 0.3) is 0 Å². The molecule has 1 aromatic heterocycles. The van der Waals surface area contributed by atoms with Crippen LogP contribution in [0, 0.1) is 11.7 Å². The molecule has 1 aliphatic heterocycles. The number of aromatic amines is 1. The van der Waals surface area contributed by atoms with Crippen LogP contribution >= 0.6 is 11.6 Å². The normalized spacial score (nSPS) is 16.1. The highest BCUT2D eigenvalue weighted by Gasteiger charge is 2.22. The van der Waals surface area contributed by atoms with Crippen LogP contribution < -0.4 is 0 Å². The Morgan fingerprint density at radius 1 is 1.28 bits per heavy atom. The average molecular weight is 363 g/mol. The molecule has 0 aliphatic carbocycles. The van der Waals surface area contributed by atoms with Gasteiger partial charge in [0.15, 0.2) is 11.6 Å². The van der Waals surface area contributed by atoms with Gasteiger partial charge in [0, 0.05) is 23.2 Å². The number of piperidine rings is 1. The molecule has 1 saturated heterocycles. The fourth-order valence-corrected chi connectivity index (χ4v) is 3.32. The van der Waals surface area contributed by atoms with Crippen molar-refractivity contribution >= 4 is 23.2 Å². The van der Waals surface area contributed by atoms with Gasteiger partial charge in [-0.1, -0.05) is 11.6 Å². The third-order valence-electron chi connectivity index (χ3n) is 4.73. The van der Waals surface area contributed by atoms with E-state index in [0.717, 1.165) is 32.0 Å². The van der Waals surface area contributed by atoms with Gasteiger partial charge < -0.3 is 9.88 Å². The molecule has 3 rings (SSSR count). The monoisotopic (exact) mass is 362 g/mol. The van der Waals surface area contributed by atoms with E-state index < -0.39 is 11.6 Å². The fourth-order valence-electron chi connectivity index (χ4n) is 3.15. The smallest absolute Gasteiger partial charge is 0.197 e. The first-order valence-corrected chi connectivity index (χ1v) is 8.71. The molecule has 0 spiro atoms. The number of H-pyrrole nitrogens is 1. The van der Waals surface area contributed by atoms with E-state index in [1.54, 1.807) is 0 Å². The van der Waals surface area contributed by atoms with Gasteiger partial charge in [-0.15, -0.1) is 0 Å². The number of nitrogens with one attached hydrogen (secondary N) is 1. The molecule has 6 heteroatoms. The molecule has 4 nitrogen and oxygen atoms in total. The lowest BCUT2D eigenvalue weighted by molar-refractivity contribution is 0.0931. The van der Waals surface area contributed by atoms with Gasteiger partial charge in [0.1, 0.15) is 5.82 Å². The molecule has 1 aliphatic rings. The number of rotatable bonds is 5. The number of carbonyl (C=O) groups excluding carboxylic acids is 2. The number of carbonyl (C=O) groups is 2. The minimum Gasteiger partial charge on any atom is -0.358 e. The number of nitrogens with zero attached hydrogens (tertiary/aromatic N) is 1. The van der Waals surface area contributed by atoms with Gasteiger partial charge in [0.05, 0.1) is 11.3 Å². The Bertz CT molecular complexity index is 794. The molecule has 2 aromatic rings. The van der Waals surface area contributed by atoms with E-state index in [0.29, 0.717) is 23.1 Å². The fraction of sp³-hybridized carbons (Fsp3) is 0.368. The molecule has 1 N–H and O–H groups in total. The topological polar surface area (TPSA) is 53.2 Å². The summed E-state index contributed by atoms with van der Waals surface area (Å²) in [5.74, 6) is -0.763. The first-order chi connectivity index (χ1) is 11.9. The highest BCUT2D eigenvalue weighted by Crippen LogP contribution is 2.23. The number of hydrogen-bond acceptors (Lipinski definition) is 3. The lowest BCUT2D eigenvalue weighted by Crippen LogP contribution is -2.31. The van der Waals surface area contributed by atoms with Crippen molar-refractivity contribution in [3.05, 3.63) is 58.1 Å². The SMILES string of the molecule is CN1CCC(CC(=O)c2cc(C(=O)c3cc(Cl)ccc3F)c[nH]2)CC1. The molecular weight excluding hydrogens is 343 g/mol. The van der Waals surface area contributed by atoms with Crippen LogP contribution in [0.3, 0.4) is 0 Å². The standard InChI is InChI=1S/C19H20ClFN2O2/c1-23-6-4-12(5-7-23)8-18(24)17-9-13(11-22-17)19(25)15-10-14(20)2-3-16(15)21/h2-3,9-12,22H,4-8H2,1H3. The highest BCUT2D eigenvalue weighted by atomic mass is 35.5. The van der Waals surface area contributed by atoms with E-state index >= 15 is 0 Å². The molecule has 0 radical (unpaired) electrons. The largest absolute Gasteiger partial charge is 0.358 e. The maximum absolute atomic E-state index is 13.9. The van der Waals surface area contributed by atoms with Crippen molar-refractivity contribution in [2.75, 3.05) is 20.1 Å². The number of likely N-dealkylation sites (tertiary alicyclic amines) is 1. The minimum absolute atomic E-state index is 0.0137. The highest BCUT2D eigenvalue weighted by molar-refractivity contribution is 6.31. The van der Waals surface area contributed by atoms with Crippen LogP contribution in [0.4, 0.5) is 4.39 Å². The Kier molecular flexibility index (Phi) is 5.35. The summed E-state index contributed by atoms with van der Waals surface area (Å²) in [5.41, 5.74) is 0.554. The van der Waals surface area contributed by atoms with E-state index in [1.165, 1.54) is 24.4 Å². The van der Waals surface area contributed by atoms with Gasteiger partial charge in [0.2, 0.25) is 0 Å². The summed E-state index contributed by atoms with van der Waals surface area (Å²) >= 11 is 5.84. The molecule has 0 unspecified atom stereocenters. The zero-order valence-electron chi connectivity index (χ0n) is 14.0. The Hall–Kier alpha value is -1.98. The van der Waals surface area contributed by atoms with E-state index in [1.807, 2.05) is 0 Å². The third kappa shape index (κ3) is 4.17. The van der Waals surface area contributed by atoms with E-state index in [9.17, 15) is 14.0 Å². The van der Waals surface area contributed by atoms with Crippen molar-refractivity contribution < 1.29 is 14.0 Å². The van der Waals surface area contributed by atoms with E-state index in [4.69, 9.17) is 11.6 Å². The quantitative estimate of drug-likeness (QED) is 0.819. The maximum atomic E-state index is 13.9. The molecule has 0 atom stereocenters. The van der Waals surface area contributed by atoms with E-state index in [2.05, 4.69) is 16.9 Å². The van der Waals surface area contributed by atoms with Crippen molar-refractivity contribution in [1.82, 2.24) is 9.88 Å². The van der Waals surface area contributed by atoms with Crippen molar-refractivity contribution in [2.45, 2.75) is 19.3 Å². The van der Waals surface area contributed by atoms with Crippen LogP contribution in [-0.2, 0) is 0 Å². The van der Waals surface area contributed by atoms with Gasteiger partial charge in [-0.2, -0.15) is 0 Å². The number of benzene rings is 1. The van der Waals surface area contributed by atoms with Crippen molar-refractivity contribution in [3.8, 4) is 0 Å². The van der Waals surface area contributed by atoms with Crippen molar-refractivity contribution in [2.24, 2.45) is 5.92 Å². The second-order valence-corrected chi connectivity index (χ2v) is 7.07. The van der Waals surface area contributed by atoms with Crippen LogP contribution in [0.1, 0.15) is 45.7 Å².